The molecular weight excluding hydrogens is 272 g/mol. The Balaban J connectivity index is 1.91. The van der Waals surface area contributed by atoms with E-state index in [1.54, 1.807) is 0 Å². The molecule has 0 atom stereocenters. The minimum Gasteiger partial charge on any atom is -0.273 e. The highest BCUT2D eigenvalue weighted by atomic mass is 16.2. The van der Waals surface area contributed by atoms with Crippen molar-refractivity contribution >= 4 is 11.6 Å². The van der Waals surface area contributed by atoms with Gasteiger partial charge in [-0.1, -0.05) is 54.1 Å². The molecule has 0 bridgehead atoms. The Morgan fingerprint density at radius 1 is 1.09 bits per heavy atom. The monoisotopic (exact) mass is 294 g/mol. The molecule has 0 unspecified atom stereocenters. The van der Waals surface area contributed by atoms with E-state index in [9.17, 15) is 4.79 Å². The molecule has 3 heteroatoms. The van der Waals surface area contributed by atoms with Crippen LogP contribution in [-0.2, 0) is 11.2 Å². The first-order chi connectivity index (χ1) is 10.6. The third-order valence-electron chi connectivity index (χ3n) is 3.60. The number of carbonyl (C=O) groups excluding carboxylic acids is 1. The van der Waals surface area contributed by atoms with Gasteiger partial charge >= 0.3 is 0 Å². The molecule has 2 aromatic rings. The van der Waals surface area contributed by atoms with Crippen LogP contribution >= 0.6 is 0 Å². The molecule has 0 aliphatic carbocycles. The molecule has 0 aromatic heterocycles. The Morgan fingerprint density at radius 3 is 2.50 bits per heavy atom. The first-order valence-electron chi connectivity index (χ1n) is 7.51. The summed E-state index contributed by atoms with van der Waals surface area (Å²) in [6.45, 7) is 6.03. The van der Waals surface area contributed by atoms with Gasteiger partial charge in [-0.3, -0.25) is 4.79 Å². The number of carbonyl (C=O) groups is 1. The number of aryl methyl sites for hydroxylation is 3. The SMILES string of the molecule is C/C(=N/NC(=O)CCc1ccccc1)c1ccc(C)cc1C. The highest BCUT2D eigenvalue weighted by Crippen LogP contribution is 2.11. The van der Waals surface area contributed by atoms with Crippen molar-refractivity contribution < 1.29 is 4.79 Å². The Labute approximate surface area is 132 Å². The lowest BCUT2D eigenvalue weighted by Gasteiger charge is -2.07. The zero-order valence-electron chi connectivity index (χ0n) is 13.4. The molecule has 0 saturated carbocycles. The van der Waals surface area contributed by atoms with Gasteiger partial charge in [0.2, 0.25) is 5.91 Å². The Kier molecular flexibility index (Phi) is 5.48. The molecule has 1 N–H and O–H groups in total. The maximum Gasteiger partial charge on any atom is 0.240 e. The molecule has 2 aromatic carbocycles. The third-order valence-corrected chi connectivity index (χ3v) is 3.60. The topological polar surface area (TPSA) is 41.5 Å². The predicted molar refractivity (Wildman–Crippen MR) is 91.0 cm³/mol. The van der Waals surface area contributed by atoms with Gasteiger partial charge in [0, 0.05) is 12.0 Å². The van der Waals surface area contributed by atoms with Gasteiger partial charge in [0.1, 0.15) is 0 Å². The van der Waals surface area contributed by atoms with Gasteiger partial charge in [0.05, 0.1) is 5.71 Å². The third kappa shape index (κ3) is 4.55. The molecule has 2 rings (SSSR count). The summed E-state index contributed by atoms with van der Waals surface area (Å²) in [5.41, 5.74) is 8.08. The van der Waals surface area contributed by atoms with Crippen molar-refractivity contribution in [1.29, 1.82) is 0 Å². The molecule has 0 aliphatic heterocycles. The van der Waals surface area contributed by atoms with Crippen LogP contribution < -0.4 is 5.43 Å². The number of nitrogens with one attached hydrogen (secondary N) is 1. The molecule has 0 aliphatic rings. The molecule has 114 valence electrons. The number of benzene rings is 2. The summed E-state index contributed by atoms with van der Waals surface area (Å²) in [5, 5.41) is 4.21. The van der Waals surface area contributed by atoms with Gasteiger partial charge in [0.15, 0.2) is 0 Å². The second-order valence-corrected chi connectivity index (χ2v) is 5.54. The zero-order chi connectivity index (χ0) is 15.9. The molecule has 0 heterocycles. The van der Waals surface area contributed by atoms with Crippen molar-refractivity contribution in [3.8, 4) is 0 Å². The van der Waals surface area contributed by atoms with E-state index in [4.69, 9.17) is 0 Å². The fourth-order valence-electron chi connectivity index (χ4n) is 2.38. The van der Waals surface area contributed by atoms with E-state index >= 15 is 0 Å². The van der Waals surface area contributed by atoms with Crippen molar-refractivity contribution in [3.05, 3.63) is 70.8 Å². The van der Waals surface area contributed by atoms with Gasteiger partial charge in [-0.25, -0.2) is 5.43 Å². The van der Waals surface area contributed by atoms with E-state index in [1.165, 1.54) is 11.1 Å². The fourth-order valence-corrected chi connectivity index (χ4v) is 2.38. The lowest BCUT2D eigenvalue weighted by molar-refractivity contribution is -0.121. The van der Waals surface area contributed by atoms with Gasteiger partial charge in [-0.05, 0) is 38.3 Å². The van der Waals surface area contributed by atoms with E-state index in [0.29, 0.717) is 6.42 Å². The predicted octanol–water partition coefficient (Wildman–Crippen LogP) is 3.78. The average Bonchev–Trinajstić information content (AvgIpc) is 2.51. The highest BCUT2D eigenvalue weighted by Gasteiger charge is 2.04. The average molecular weight is 294 g/mol. The van der Waals surface area contributed by atoms with Gasteiger partial charge in [-0.15, -0.1) is 0 Å². The second-order valence-electron chi connectivity index (χ2n) is 5.54. The van der Waals surface area contributed by atoms with Gasteiger partial charge in [-0.2, -0.15) is 5.10 Å². The van der Waals surface area contributed by atoms with Crippen LogP contribution in [0.3, 0.4) is 0 Å². The fraction of sp³-hybridized carbons (Fsp3) is 0.263. The quantitative estimate of drug-likeness (QED) is 0.662. The van der Waals surface area contributed by atoms with E-state index in [-0.39, 0.29) is 5.91 Å². The maximum absolute atomic E-state index is 11.9. The molecule has 3 nitrogen and oxygen atoms in total. The summed E-state index contributed by atoms with van der Waals surface area (Å²) < 4.78 is 0. The molecule has 0 radical (unpaired) electrons. The van der Waals surface area contributed by atoms with Crippen LogP contribution in [0.1, 0.15) is 35.6 Å². The number of hydrazone groups is 1. The number of nitrogens with zero attached hydrogens (tertiary/aromatic N) is 1. The van der Waals surface area contributed by atoms with E-state index in [1.807, 2.05) is 43.3 Å². The van der Waals surface area contributed by atoms with Crippen molar-refractivity contribution in [2.45, 2.75) is 33.6 Å². The minimum absolute atomic E-state index is 0.0621. The number of amides is 1. The second kappa shape index (κ2) is 7.55. The summed E-state index contributed by atoms with van der Waals surface area (Å²) in [6.07, 6.45) is 1.17. The van der Waals surface area contributed by atoms with E-state index < -0.39 is 0 Å². The van der Waals surface area contributed by atoms with Crippen molar-refractivity contribution in [1.82, 2.24) is 5.43 Å². The largest absolute Gasteiger partial charge is 0.273 e. The molecule has 0 spiro atoms. The van der Waals surface area contributed by atoms with Crippen LogP contribution in [0.25, 0.3) is 0 Å². The summed E-state index contributed by atoms with van der Waals surface area (Å²) in [5.74, 6) is -0.0621. The molecule has 0 fully saturated rings. The first-order valence-corrected chi connectivity index (χ1v) is 7.51. The minimum atomic E-state index is -0.0621. The van der Waals surface area contributed by atoms with Crippen molar-refractivity contribution in [2.75, 3.05) is 0 Å². The van der Waals surface area contributed by atoms with Gasteiger partial charge in [0.25, 0.3) is 0 Å². The number of hydrogen-bond donors (Lipinski definition) is 1. The highest BCUT2D eigenvalue weighted by molar-refractivity contribution is 6.00. The standard InChI is InChI=1S/C19H22N2O/c1-14-9-11-18(15(2)13-14)16(3)20-21-19(22)12-10-17-7-5-4-6-8-17/h4-9,11,13H,10,12H2,1-3H3,(H,21,22)/b20-16-. The summed E-state index contributed by atoms with van der Waals surface area (Å²) >= 11 is 0. The van der Waals surface area contributed by atoms with E-state index in [2.05, 4.69) is 36.5 Å². The molecule has 22 heavy (non-hydrogen) atoms. The smallest absolute Gasteiger partial charge is 0.240 e. The zero-order valence-corrected chi connectivity index (χ0v) is 13.4. The normalized spacial score (nSPS) is 11.3. The van der Waals surface area contributed by atoms with Gasteiger partial charge < -0.3 is 0 Å². The molecule has 0 saturated heterocycles. The Bertz CT molecular complexity index is 675. The number of hydrogen-bond acceptors (Lipinski definition) is 2. The van der Waals surface area contributed by atoms with Crippen LogP contribution in [0, 0.1) is 13.8 Å². The van der Waals surface area contributed by atoms with Crippen LogP contribution in [0.5, 0.6) is 0 Å². The van der Waals surface area contributed by atoms with Crippen LogP contribution in [0.4, 0.5) is 0 Å². The van der Waals surface area contributed by atoms with Crippen LogP contribution in [-0.4, -0.2) is 11.6 Å². The lowest BCUT2D eigenvalue weighted by atomic mass is 10.0. The Hall–Kier alpha value is -2.42. The molecular formula is C19H22N2O. The van der Waals surface area contributed by atoms with E-state index in [0.717, 1.165) is 23.3 Å². The lowest BCUT2D eigenvalue weighted by Crippen LogP contribution is -2.19. The number of rotatable bonds is 5. The molecule has 1 amide bonds. The Morgan fingerprint density at radius 2 is 1.82 bits per heavy atom. The summed E-state index contributed by atoms with van der Waals surface area (Å²) in [4.78, 5) is 11.9. The maximum atomic E-state index is 11.9. The summed E-state index contributed by atoms with van der Waals surface area (Å²) in [6, 6.07) is 16.2. The van der Waals surface area contributed by atoms with Crippen molar-refractivity contribution in [2.24, 2.45) is 5.10 Å². The van der Waals surface area contributed by atoms with Crippen LogP contribution in [0.2, 0.25) is 0 Å². The van der Waals surface area contributed by atoms with Crippen molar-refractivity contribution in [3.63, 3.8) is 0 Å². The first kappa shape index (κ1) is 16.0. The van der Waals surface area contributed by atoms with Crippen LogP contribution in [0.15, 0.2) is 53.6 Å². The summed E-state index contributed by atoms with van der Waals surface area (Å²) in [7, 11) is 0.